The van der Waals surface area contributed by atoms with Crippen molar-refractivity contribution in [1.29, 1.82) is 0 Å². The van der Waals surface area contributed by atoms with Crippen LogP contribution in [-0.2, 0) is 15.5 Å². The van der Waals surface area contributed by atoms with Gasteiger partial charge in [-0.15, -0.1) is 0 Å². The molecule has 0 unspecified atom stereocenters. The van der Waals surface area contributed by atoms with Gasteiger partial charge in [0.05, 0.1) is 29.8 Å². The summed E-state index contributed by atoms with van der Waals surface area (Å²) in [5, 5.41) is 2.26. The van der Waals surface area contributed by atoms with Crippen molar-refractivity contribution >= 4 is 21.6 Å². The molecule has 3 nitrogen and oxygen atoms in total. The van der Waals surface area contributed by atoms with Gasteiger partial charge in [-0.2, -0.15) is 0 Å². The zero-order chi connectivity index (χ0) is 21.8. The Morgan fingerprint density at radius 2 is 1.55 bits per heavy atom. The molecule has 0 aliphatic carbocycles. The van der Waals surface area contributed by atoms with Crippen molar-refractivity contribution in [3.8, 4) is 16.9 Å². The van der Waals surface area contributed by atoms with Crippen molar-refractivity contribution in [2.24, 2.45) is 0 Å². The number of fused-ring (bicyclic) bond motifs is 1. The minimum Gasteiger partial charge on any atom is -0.496 e. The molecule has 4 aromatic rings. The fraction of sp³-hybridized carbons (Fsp3) is 0.185. The Labute approximate surface area is 186 Å². The third-order valence-corrected chi connectivity index (χ3v) is 6.96. The Morgan fingerprint density at radius 3 is 2.29 bits per heavy atom. The highest BCUT2D eigenvalue weighted by atomic mass is 32.2. The van der Waals surface area contributed by atoms with E-state index in [-0.39, 0.29) is 6.10 Å². The molecule has 4 rings (SSSR count). The van der Waals surface area contributed by atoms with Crippen molar-refractivity contribution in [3.05, 3.63) is 96.1 Å². The molecule has 0 N–H and O–H groups in total. The third-order valence-electron chi connectivity index (χ3n) is 5.56. The van der Waals surface area contributed by atoms with Gasteiger partial charge in [-0.3, -0.25) is 4.21 Å². The summed E-state index contributed by atoms with van der Waals surface area (Å²) in [5.74, 6) is 1.18. The average molecular weight is 431 g/mol. The molecule has 0 aliphatic heterocycles. The lowest BCUT2D eigenvalue weighted by Gasteiger charge is -2.21. The molecule has 0 bridgehead atoms. The fourth-order valence-electron chi connectivity index (χ4n) is 3.91. The maximum atomic E-state index is 13.1. The standard InChI is InChI=1S/C27H26O3S/c1-19-12-15-21(16-13-19)31(28)18-26(30-3)23-10-6-7-11-24(23)27-22-9-5-4-8-20(22)14-17-25(27)29-2/h4-17,26H,18H2,1-3H3/t26-,31+/m0/s1. The first-order valence-electron chi connectivity index (χ1n) is 10.2. The van der Waals surface area contributed by atoms with Gasteiger partial charge in [-0.25, -0.2) is 0 Å². The van der Waals surface area contributed by atoms with Crippen LogP contribution in [0, 0.1) is 6.92 Å². The van der Waals surface area contributed by atoms with Gasteiger partial charge in [0, 0.05) is 17.6 Å². The summed E-state index contributed by atoms with van der Waals surface area (Å²) in [5.41, 5.74) is 4.21. The summed E-state index contributed by atoms with van der Waals surface area (Å²) in [6, 6.07) is 28.3. The van der Waals surface area contributed by atoms with Crippen molar-refractivity contribution < 1.29 is 13.7 Å². The van der Waals surface area contributed by atoms with E-state index in [4.69, 9.17) is 9.47 Å². The molecule has 0 aromatic heterocycles. The molecule has 0 aliphatic rings. The van der Waals surface area contributed by atoms with Crippen LogP contribution >= 0.6 is 0 Å². The van der Waals surface area contributed by atoms with Crippen LogP contribution in [0.1, 0.15) is 17.2 Å². The van der Waals surface area contributed by atoms with E-state index in [2.05, 4.69) is 30.3 Å². The second-order valence-electron chi connectivity index (χ2n) is 7.50. The maximum Gasteiger partial charge on any atom is 0.127 e. The van der Waals surface area contributed by atoms with E-state index in [0.717, 1.165) is 43.7 Å². The smallest absolute Gasteiger partial charge is 0.127 e. The third kappa shape index (κ3) is 4.41. The number of rotatable bonds is 7. The molecular weight excluding hydrogens is 404 g/mol. The summed E-state index contributed by atoms with van der Waals surface area (Å²) in [6.07, 6.45) is -0.318. The van der Waals surface area contributed by atoms with E-state index < -0.39 is 10.8 Å². The second-order valence-corrected chi connectivity index (χ2v) is 9.00. The zero-order valence-corrected chi connectivity index (χ0v) is 18.8. The highest BCUT2D eigenvalue weighted by Gasteiger charge is 2.22. The van der Waals surface area contributed by atoms with E-state index >= 15 is 0 Å². The molecule has 0 radical (unpaired) electrons. The highest BCUT2D eigenvalue weighted by molar-refractivity contribution is 7.85. The predicted molar refractivity (Wildman–Crippen MR) is 128 cm³/mol. The molecule has 0 spiro atoms. The summed E-state index contributed by atoms with van der Waals surface area (Å²) in [7, 11) is 2.19. The van der Waals surface area contributed by atoms with Crippen LogP contribution in [0.2, 0.25) is 0 Å². The number of aryl methyl sites for hydroxylation is 1. The van der Waals surface area contributed by atoms with Gasteiger partial charge in [0.1, 0.15) is 5.75 Å². The first kappa shape index (κ1) is 21.3. The normalized spacial score (nSPS) is 13.1. The van der Waals surface area contributed by atoms with Gasteiger partial charge in [0.15, 0.2) is 0 Å². The van der Waals surface area contributed by atoms with E-state index in [1.165, 1.54) is 0 Å². The van der Waals surface area contributed by atoms with Gasteiger partial charge in [-0.1, -0.05) is 72.3 Å². The van der Waals surface area contributed by atoms with Crippen molar-refractivity contribution in [2.45, 2.75) is 17.9 Å². The van der Waals surface area contributed by atoms with E-state index in [9.17, 15) is 4.21 Å². The molecular formula is C27H26O3S. The van der Waals surface area contributed by atoms with E-state index in [1.807, 2.05) is 61.5 Å². The van der Waals surface area contributed by atoms with E-state index in [0.29, 0.717) is 5.75 Å². The van der Waals surface area contributed by atoms with Crippen LogP contribution in [0.4, 0.5) is 0 Å². The average Bonchev–Trinajstić information content (AvgIpc) is 2.82. The molecule has 0 amide bonds. The predicted octanol–water partition coefficient (Wildman–Crippen LogP) is 6.32. The Hall–Kier alpha value is -2.95. The molecule has 0 heterocycles. The quantitative estimate of drug-likeness (QED) is 0.344. The largest absolute Gasteiger partial charge is 0.496 e. The van der Waals surface area contributed by atoms with Crippen molar-refractivity contribution in [2.75, 3.05) is 20.0 Å². The topological polar surface area (TPSA) is 35.5 Å². The Morgan fingerprint density at radius 1 is 0.839 bits per heavy atom. The number of hydrogen-bond donors (Lipinski definition) is 0. The lowest BCUT2D eigenvalue weighted by Crippen LogP contribution is -2.13. The van der Waals surface area contributed by atoms with Crippen LogP contribution in [0.25, 0.3) is 21.9 Å². The molecule has 0 fully saturated rings. The summed E-state index contributed by atoms with van der Waals surface area (Å²) in [4.78, 5) is 0.813. The molecule has 2 atom stereocenters. The molecule has 0 saturated heterocycles. The molecule has 4 heteroatoms. The number of hydrogen-bond acceptors (Lipinski definition) is 3. The van der Waals surface area contributed by atoms with Gasteiger partial charge in [0.2, 0.25) is 0 Å². The summed E-state index contributed by atoms with van der Waals surface area (Å²) < 4.78 is 24.7. The number of ether oxygens (including phenoxy) is 2. The first-order chi connectivity index (χ1) is 15.1. The van der Waals surface area contributed by atoms with Crippen LogP contribution in [0.3, 0.4) is 0 Å². The monoisotopic (exact) mass is 430 g/mol. The molecule has 0 saturated carbocycles. The molecule has 31 heavy (non-hydrogen) atoms. The Kier molecular flexibility index (Phi) is 6.50. The number of benzene rings is 4. The molecule has 158 valence electrons. The second kappa shape index (κ2) is 9.46. The van der Waals surface area contributed by atoms with Gasteiger partial charge in [0.25, 0.3) is 0 Å². The Balaban J connectivity index is 1.79. The van der Waals surface area contributed by atoms with Gasteiger partial charge >= 0.3 is 0 Å². The van der Waals surface area contributed by atoms with Crippen LogP contribution in [-0.4, -0.2) is 24.2 Å². The van der Waals surface area contributed by atoms with Crippen LogP contribution < -0.4 is 4.74 Å². The fourth-order valence-corrected chi connectivity index (χ4v) is 5.14. The lowest BCUT2D eigenvalue weighted by atomic mass is 9.92. The minimum atomic E-state index is -1.18. The van der Waals surface area contributed by atoms with Gasteiger partial charge in [-0.05, 0) is 47.0 Å². The van der Waals surface area contributed by atoms with Crippen LogP contribution in [0.5, 0.6) is 5.75 Å². The maximum absolute atomic E-state index is 13.1. The SMILES string of the molecule is COc1ccc2ccccc2c1-c1ccccc1[C@H](C[S@@](=O)c1ccc(C)cc1)OC. The zero-order valence-electron chi connectivity index (χ0n) is 18.0. The summed E-state index contributed by atoms with van der Waals surface area (Å²) >= 11 is 0. The van der Waals surface area contributed by atoms with Crippen LogP contribution in [0.15, 0.2) is 89.8 Å². The van der Waals surface area contributed by atoms with E-state index in [1.54, 1.807) is 14.2 Å². The lowest BCUT2D eigenvalue weighted by molar-refractivity contribution is 0.123. The molecule has 4 aromatic carbocycles. The van der Waals surface area contributed by atoms with Gasteiger partial charge < -0.3 is 9.47 Å². The first-order valence-corrected chi connectivity index (χ1v) is 11.6. The minimum absolute atomic E-state index is 0.318. The van der Waals surface area contributed by atoms with Crippen molar-refractivity contribution in [1.82, 2.24) is 0 Å². The number of methoxy groups -OCH3 is 2. The highest BCUT2D eigenvalue weighted by Crippen LogP contribution is 2.41. The summed E-state index contributed by atoms with van der Waals surface area (Å²) in [6.45, 7) is 2.03. The Bertz CT molecular complexity index is 1210. The van der Waals surface area contributed by atoms with Crippen molar-refractivity contribution in [3.63, 3.8) is 0 Å².